The maximum absolute atomic E-state index is 14.4. The molecule has 0 saturated carbocycles. The number of nitrogens with zero attached hydrogens (tertiary/aromatic N) is 6. The highest BCUT2D eigenvalue weighted by molar-refractivity contribution is 5.48. The highest BCUT2D eigenvalue weighted by Crippen LogP contribution is 2.35. The van der Waals surface area contributed by atoms with Crippen molar-refractivity contribution in [2.24, 2.45) is 0 Å². The van der Waals surface area contributed by atoms with Gasteiger partial charge in [0.25, 0.3) is 0 Å². The first-order chi connectivity index (χ1) is 17.2. The number of methoxy groups -OCH3 is 1. The van der Waals surface area contributed by atoms with Gasteiger partial charge in [-0.25, -0.2) is 9.07 Å². The van der Waals surface area contributed by atoms with E-state index in [-0.39, 0.29) is 11.9 Å². The van der Waals surface area contributed by atoms with Gasteiger partial charge in [-0.1, -0.05) is 60.7 Å². The summed E-state index contributed by atoms with van der Waals surface area (Å²) in [5.74, 6) is 1.39. The van der Waals surface area contributed by atoms with Gasteiger partial charge in [0.1, 0.15) is 17.6 Å². The van der Waals surface area contributed by atoms with Gasteiger partial charge in [-0.2, -0.15) is 0 Å². The van der Waals surface area contributed by atoms with Crippen LogP contribution in [0.4, 0.5) is 10.1 Å². The minimum Gasteiger partial charge on any atom is -0.496 e. The number of benzene rings is 3. The molecule has 35 heavy (non-hydrogen) atoms. The molecule has 0 radical (unpaired) electrons. The molecule has 180 valence electrons. The highest BCUT2D eigenvalue weighted by atomic mass is 19.1. The van der Waals surface area contributed by atoms with Crippen molar-refractivity contribution in [2.75, 3.05) is 38.2 Å². The van der Waals surface area contributed by atoms with E-state index in [0.717, 1.165) is 36.6 Å². The van der Waals surface area contributed by atoms with Crippen LogP contribution < -0.4 is 9.64 Å². The molecule has 0 bridgehead atoms. The maximum Gasteiger partial charge on any atom is 0.173 e. The molecule has 1 fully saturated rings. The number of aromatic nitrogens is 4. The number of anilines is 1. The van der Waals surface area contributed by atoms with Crippen molar-refractivity contribution >= 4 is 5.69 Å². The SMILES string of the molecule is COc1ccccc1[C@H](c1nnnn1CCc1ccccc1)N1CCN(c2ccccc2F)CC1. The van der Waals surface area contributed by atoms with Crippen LogP contribution in [0.15, 0.2) is 78.9 Å². The zero-order valence-electron chi connectivity index (χ0n) is 19.8. The fourth-order valence-corrected chi connectivity index (χ4v) is 4.77. The Kier molecular flexibility index (Phi) is 6.99. The lowest BCUT2D eigenvalue weighted by Gasteiger charge is -2.40. The number of hydrogen-bond donors (Lipinski definition) is 0. The third kappa shape index (κ3) is 5.02. The number of tetrazole rings is 1. The predicted octanol–water partition coefficient (Wildman–Crippen LogP) is 3.98. The van der Waals surface area contributed by atoms with Crippen LogP contribution in [0.2, 0.25) is 0 Å². The van der Waals surface area contributed by atoms with Crippen LogP contribution in [0.1, 0.15) is 23.0 Å². The van der Waals surface area contributed by atoms with Crippen molar-refractivity contribution in [1.29, 1.82) is 0 Å². The first-order valence-corrected chi connectivity index (χ1v) is 11.9. The lowest BCUT2D eigenvalue weighted by Crippen LogP contribution is -2.48. The molecule has 3 aromatic carbocycles. The van der Waals surface area contributed by atoms with Gasteiger partial charge in [-0.05, 0) is 40.6 Å². The van der Waals surface area contributed by atoms with Gasteiger partial charge >= 0.3 is 0 Å². The number of hydrogen-bond acceptors (Lipinski definition) is 6. The van der Waals surface area contributed by atoms with E-state index in [9.17, 15) is 4.39 Å². The van der Waals surface area contributed by atoms with E-state index in [1.807, 2.05) is 53.2 Å². The summed E-state index contributed by atoms with van der Waals surface area (Å²) in [7, 11) is 1.68. The summed E-state index contributed by atoms with van der Waals surface area (Å²) in [6.45, 7) is 3.56. The molecule has 0 unspecified atom stereocenters. The topological polar surface area (TPSA) is 59.3 Å². The molecule has 1 aliphatic rings. The normalized spacial score (nSPS) is 15.2. The molecule has 1 aromatic heterocycles. The molecular formula is C27H29FN6O. The molecule has 0 N–H and O–H groups in total. The quantitative estimate of drug-likeness (QED) is 0.387. The Morgan fingerprint density at radius 3 is 2.37 bits per heavy atom. The van der Waals surface area contributed by atoms with Crippen molar-refractivity contribution in [3.05, 3.63) is 102 Å². The van der Waals surface area contributed by atoms with Crippen LogP contribution in [-0.2, 0) is 13.0 Å². The zero-order valence-corrected chi connectivity index (χ0v) is 19.8. The number of ether oxygens (including phenoxy) is 1. The molecule has 1 saturated heterocycles. The van der Waals surface area contributed by atoms with Gasteiger partial charge in [0.2, 0.25) is 0 Å². The second kappa shape index (κ2) is 10.7. The monoisotopic (exact) mass is 472 g/mol. The molecule has 4 aromatic rings. The summed E-state index contributed by atoms with van der Waals surface area (Å²) in [4.78, 5) is 4.46. The third-order valence-corrected chi connectivity index (χ3v) is 6.57. The minimum atomic E-state index is -0.188. The summed E-state index contributed by atoms with van der Waals surface area (Å²) in [6.07, 6.45) is 0.832. The number of aryl methyl sites for hydroxylation is 2. The molecule has 8 heteroatoms. The van der Waals surface area contributed by atoms with E-state index in [2.05, 4.69) is 43.5 Å². The van der Waals surface area contributed by atoms with Gasteiger partial charge in [-0.15, -0.1) is 5.10 Å². The number of rotatable bonds is 8. The van der Waals surface area contributed by atoms with Gasteiger partial charge in [0.05, 0.1) is 12.8 Å². The molecule has 0 spiro atoms. The molecule has 5 rings (SSSR count). The molecular weight excluding hydrogens is 443 g/mol. The van der Waals surface area contributed by atoms with Gasteiger partial charge < -0.3 is 9.64 Å². The Labute approximate surface area is 204 Å². The second-order valence-corrected chi connectivity index (χ2v) is 8.61. The molecule has 1 aliphatic heterocycles. The molecule has 0 amide bonds. The number of piperazine rings is 1. The highest BCUT2D eigenvalue weighted by Gasteiger charge is 2.32. The Hall–Kier alpha value is -3.78. The lowest BCUT2D eigenvalue weighted by molar-refractivity contribution is 0.197. The second-order valence-electron chi connectivity index (χ2n) is 8.61. The summed E-state index contributed by atoms with van der Waals surface area (Å²) >= 11 is 0. The van der Waals surface area contributed by atoms with E-state index in [4.69, 9.17) is 4.74 Å². The molecule has 2 heterocycles. The summed E-state index contributed by atoms with van der Waals surface area (Å²) < 4.78 is 22.0. The Morgan fingerprint density at radius 2 is 1.60 bits per heavy atom. The van der Waals surface area contributed by atoms with E-state index < -0.39 is 0 Å². The van der Waals surface area contributed by atoms with Gasteiger partial charge in [0, 0.05) is 38.3 Å². The standard InChI is InChI=1S/C27H29FN6O/c1-35-25-14-8-5-11-22(25)26(27-29-30-31-34(27)16-15-21-9-3-2-4-10-21)33-19-17-32(18-20-33)24-13-7-6-12-23(24)28/h2-14,26H,15-20H2,1H3/t26-/m1/s1. The van der Waals surface area contributed by atoms with Crippen molar-refractivity contribution < 1.29 is 9.13 Å². The Bertz CT molecular complexity index is 1240. The van der Waals surface area contributed by atoms with E-state index >= 15 is 0 Å². The first kappa shape index (κ1) is 23.0. The van der Waals surface area contributed by atoms with Crippen LogP contribution >= 0.6 is 0 Å². The fourth-order valence-electron chi connectivity index (χ4n) is 4.77. The largest absolute Gasteiger partial charge is 0.496 e. The third-order valence-electron chi connectivity index (χ3n) is 6.57. The Balaban J connectivity index is 1.42. The van der Waals surface area contributed by atoms with E-state index in [1.54, 1.807) is 13.2 Å². The Morgan fingerprint density at radius 1 is 0.886 bits per heavy atom. The van der Waals surface area contributed by atoms with Crippen molar-refractivity contribution in [3.8, 4) is 5.75 Å². The minimum absolute atomic E-state index is 0.181. The summed E-state index contributed by atoms with van der Waals surface area (Å²) in [5.41, 5.74) is 2.90. The average molecular weight is 473 g/mol. The van der Waals surface area contributed by atoms with Crippen molar-refractivity contribution in [2.45, 2.75) is 19.0 Å². The van der Waals surface area contributed by atoms with Crippen molar-refractivity contribution in [3.63, 3.8) is 0 Å². The van der Waals surface area contributed by atoms with Crippen molar-refractivity contribution in [1.82, 2.24) is 25.1 Å². The van der Waals surface area contributed by atoms with E-state index in [0.29, 0.717) is 25.3 Å². The summed E-state index contributed by atoms with van der Waals surface area (Å²) in [6, 6.07) is 25.1. The lowest BCUT2D eigenvalue weighted by atomic mass is 10.0. The average Bonchev–Trinajstić information content (AvgIpc) is 3.37. The number of para-hydroxylation sites is 2. The van der Waals surface area contributed by atoms with E-state index in [1.165, 1.54) is 11.6 Å². The molecule has 7 nitrogen and oxygen atoms in total. The van der Waals surface area contributed by atoms with Gasteiger partial charge in [-0.3, -0.25) is 4.90 Å². The van der Waals surface area contributed by atoms with Crippen LogP contribution in [0.3, 0.4) is 0 Å². The fraction of sp³-hybridized carbons (Fsp3) is 0.296. The van der Waals surface area contributed by atoms with Crippen LogP contribution in [0.25, 0.3) is 0 Å². The predicted molar refractivity (Wildman–Crippen MR) is 133 cm³/mol. The number of halogens is 1. The van der Waals surface area contributed by atoms with Crippen LogP contribution in [0, 0.1) is 5.82 Å². The molecule has 1 atom stereocenters. The smallest absolute Gasteiger partial charge is 0.173 e. The first-order valence-electron chi connectivity index (χ1n) is 11.9. The van der Waals surface area contributed by atoms with Gasteiger partial charge in [0.15, 0.2) is 5.82 Å². The summed E-state index contributed by atoms with van der Waals surface area (Å²) in [5, 5.41) is 12.8. The zero-order chi connectivity index (χ0) is 24.0. The van der Waals surface area contributed by atoms with Crippen LogP contribution in [0.5, 0.6) is 5.75 Å². The molecule has 0 aliphatic carbocycles. The maximum atomic E-state index is 14.4. The van der Waals surface area contributed by atoms with Crippen LogP contribution in [-0.4, -0.2) is 58.4 Å².